The molecule has 0 amide bonds. The van der Waals surface area contributed by atoms with Gasteiger partial charge in [-0.3, -0.25) is 0 Å². The maximum Gasteiger partial charge on any atom is 0.136 e. The van der Waals surface area contributed by atoms with Crippen LogP contribution in [-0.4, -0.2) is 0 Å². The summed E-state index contributed by atoms with van der Waals surface area (Å²) in [6.07, 6.45) is 1.73. The van der Waals surface area contributed by atoms with Gasteiger partial charge in [0.15, 0.2) is 0 Å². The zero-order chi connectivity index (χ0) is 28.1. The molecule has 0 saturated carbocycles. The second-order valence-corrected chi connectivity index (χ2v) is 11.3. The summed E-state index contributed by atoms with van der Waals surface area (Å²) >= 11 is 0. The van der Waals surface area contributed by atoms with Gasteiger partial charge in [0.2, 0.25) is 0 Å². The number of furan rings is 3. The molecule has 0 N–H and O–H groups in total. The number of fused-ring (bicyclic) bond motifs is 9. The molecule has 0 fully saturated rings. The lowest BCUT2D eigenvalue weighted by atomic mass is 9.85. The molecule has 3 heterocycles. The molecule has 3 nitrogen and oxygen atoms in total. The summed E-state index contributed by atoms with van der Waals surface area (Å²) in [5.74, 6) is 0. The van der Waals surface area contributed by atoms with E-state index in [4.69, 9.17) is 13.3 Å². The van der Waals surface area contributed by atoms with Crippen molar-refractivity contribution in [2.75, 3.05) is 0 Å². The summed E-state index contributed by atoms with van der Waals surface area (Å²) in [4.78, 5) is 0. The first-order valence-electron chi connectivity index (χ1n) is 14.5. The van der Waals surface area contributed by atoms with Crippen molar-refractivity contribution in [3.63, 3.8) is 0 Å². The van der Waals surface area contributed by atoms with E-state index in [0.717, 1.165) is 60.4 Å². The molecule has 0 atom stereocenters. The van der Waals surface area contributed by atoms with Gasteiger partial charge in [0, 0.05) is 26.9 Å². The second-order valence-electron chi connectivity index (χ2n) is 11.3. The fourth-order valence-corrected chi connectivity index (χ4v) is 7.02. The third kappa shape index (κ3) is 3.19. The molecule has 0 aliphatic rings. The molecule has 10 aromatic rings. The Balaban J connectivity index is 1.28. The Hall–Kier alpha value is -5.80. The van der Waals surface area contributed by atoms with E-state index >= 15 is 0 Å². The Morgan fingerprint density at radius 2 is 0.814 bits per heavy atom. The molecule has 3 heteroatoms. The molecule has 200 valence electrons. The number of benzene rings is 7. The molecule has 7 aromatic carbocycles. The van der Waals surface area contributed by atoms with Gasteiger partial charge in [0.25, 0.3) is 0 Å². The predicted octanol–water partition coefficient (Wildman–Crippen LogP) is 11.9. The first-order chi connectivity index (χ1) is 21.3. The zero-order valence-corrected chi connectivity index (χ0v) is 22.9. The van der Waals surface area contributed by atoms with Gasteiger partial charge in [-0.05, 0) is 92.3 Å². The number of hydrogen-bond donors (Lipinski definition) is 0. The van der Waals surface area contributed by atoms with Gasteiger partial charge < -0.3 is 13.3 Å². The van der Waals surface area contributed by atoms with Crippen LogP contribution in [0, 0.1) is 0 Å². The van der Waals surface area contributed by atoms with E-state index in [0.29, 0.717) is 0 Å². The van der Waals surface area contributed by atoms with Crippen molar-refractivity contribution in [3.8, 4) is 22.3 Å². The molecule has 0 unspecified atom stereocenters. The highest BCUT2D eigenvalue weighted by Gasteiger charge is 2.19. The maximum absolute atomic E-state index is 6.28. The van der Waals surface area contributed by atoms with E-state index in [-0.39, 0.29) is 0 Å². The van der Waals surface area contributed by atoms with Crippen LogP contribution in [0.4, 0.5) is 0 Å². The van der Waals surface area contributed by atoms with E-state index in [1.165, 1.54) is 38.2 Å². The molecule has 10 rings (SSSR count). The Morgan fingerprint density at radius 1 is 0.326 bits per heavy atom. The summed E-state index contributed by atoms with van der Waals surface area (Å²) in [5, 5.41) is 10.3. The van der Waals surface area contributed by atoms with Crippen LogP contribution in [0.25, 0.3) is 98.6 Å². The van der Waals surface area contributed by atoms with E-state index in [1.807, 2.05) is 18.2 Å². The van der Waals surface area contributed by atoms with Gasteiger partial charge in [-0.25, -0.2) is 0 Å². The fraction of sp³-hybridized carbons (Fsp3) is 0. The molecular weight excluding hydrogens is 528 g/mol. The lowest BCUT2D eigenvalue weighted by Crippen LogP contribution is -1.90. The Labute approximate surface area is 245 Å². The van der Waals surface area contributed by atoms with Crippen LogP contribution >= 0.6 is 0 Å². The highest BCUT2D eigenvalue weighted by molar-refractivity contribution is 6.23. The lowest BCUT2D eigenvalue weighted by molar-refractivity contribution is 0.616. The van der Waals surface area contributed by atoms with Crippen molar-refractivity contribution in [1.29, 1.82) is 0 Å². The summed E-state index contributed by atoms with van der Waals surface area (Å²) in [6.45, 7) is 0. The quantitative estimate of drug-likeness (QED) is 0.201. The standard InChI is InChI=1S/C40H22O3/c1-3-10-29-27(8-1)39(24-13-15-35-31(19-24)26-7-5-6-12-34(26)42-35)28-9-2-4-11-30(28)40(29)25-14-16-36-32(20-25)33-22-37-23(17-18-41-37)21-38(33)43-36/h1-22H. The Kier molecular flexibility index (Phi) is 4.45. The van der Waals surface area contributed by atoms with Crippen molar-refractivity contribution in [1.82, 2.24) is 0 Å². The van der Waals surface area contributed by atoms with Gasteiger partial charge >= 0.3 is 0 Å². The van der Waals surface area contributed by atoms with Crippen LogP contribution in [0.15, 0.2) is 147 Å². The van der Waals surface area contributed by atoms with Crippen molar-refractivity contribution < 1.29 is 13.3 Å². The van der Waals surface area contributed by atoms with E-state index < -0.39 is 0 Å². The third-order valence-corrected chi connectivity index (χ3v) is 8.93. The Bertz CT molecular complexity index is 2680. The normalized spacial score (nSPS) is 12.2. The first kappa shape index (κ1) is 22.8. The highest BCUT2D eigenvalue weighted by atomic mass is 16.3. The van der Waals surface area contributed by atoms with Crippen LogP contribution in [0.1, 0.15) is 0 Å². The monoisotopic (exact) mass is 550 g/mol. The topological polar surface area (TPSA) is 39.4 Å². The van der Waals surface area contributed by atoms with Gasteiger partial charge in [0.1, 0.15) is 27.9 Å². The molecule has 0 aliphatic carbocycles. The van der Waals surface area contributed by atoms with Gasteiger partial charge in [0.05, 0.1) is 6.26 Å². The molecule has 0 aliphatic heterocycles. The maximum atomic E-state index is 6.28. The third-order valence-electron chi connectivity index (χ3n) is 8.93. The van der Waals surface area contributed by atoms with Crippen molar-refractivity contribution in [2.45, 2.75) is 0 Å². The molecule has 0 bridgehead atoms. The minimum atomic E-state index is 0.864. The van der Waals surface area contributed by atoms with Crippen molar-refractivity contribution in [3.05, 3.63) is 134 Å². The van der Waals surface area contributed by atoms with Crippen molar-refractivity contribution in [2.24, 2.45) is 0 Å². The predicted molar refractivity (Wildman–Crippen MR) is 177 cm³/mol. The molecule has 3 aromatic heterocycles. The average molecular weight is 551 g/mol. The second kappa shape index (κ2) is 8.37. The van der Waals surface area contributed by atoms with E-state index in [9.17, 15) is 0 Å². The van der Waals surface area contributed by atoms with E-state index in [2.05, 4.69) is 109 Å². The number of rotatable bonds is 2. The molecule has 0 radical (unpaired) electrons. The summed E-state index contributed by atoms with van der Waals surface area (Å²) in [7, 11) is 0. The molecule has 43 heavy (non-hydrogen) atoms. The Morgan fingerprint density at radius 3 is 1.44 bits per heavy atom. The van der Waals surface area contributed by atoms with Crippen molar-refractivity contribution >= 4 is 76.4 Å². The summed E-state index contributed by atoms with van der Waals surface area (Å²) in [6, 6.07) is 45.1. The fourth-order valence-electron chi connectivity index (χ4n) is 7.02. The minimum Gasteiger partial charge on any atom is -0.464 e. The minimum absolute atomic E-state index is 0.864. The summed E-state index contributed by atoms with van der Waals surface area (Å²) < 4.78 is 18.2. The van der Waals surface area contributed by atoms with Crippen LogP contribution in [0.5, 0.6) is 0 Å². The smallest absolute Gasteiger partial charge is 0.136 e. The lowest BCUT2D eigenvalue weighted by Gasteiger charge is -2.17. The zero-order valence-electron chi connectivity index (χ0n) is 22.9. The van der Waals surface area contributed by atoms with Crippen LogP contribution in [0.3, 0.4) is 0 Å². The van der Waals surface area contributed by atoms with Crippen LogP contribution < -0.4 is 0 Å². The van der Waals surface area contributed by atoms with E-state index in [1.54, 1.807) is 6.26 Å². The summed E-state index contributed by atoms with van der Waals surface area (Å²) in [5.41, 5.74) is 9.21. The average Bonchev–Trinajstić information content (AvgIpc) is 3.76. The van der Waals surface area contributed by atoms with Gasteiger partial charge in [-0.2, -0.15) is 0 Å². The molecule has 0 spiro atoms. The highest BCUT2D eigenvalue weighted by Crippen LogP contribution is 2.45. The first-order valence-corrected chi connectivity index (χ1v) is 14.5. The molecule has 0 saturated heterocycles. The number of para-hydroxylation sites is 1. The van der Waals surface area contributed by atoms with Crippen LogP contribution in [0.2, 0.25) is 0 Å². The van der Waals surface area contributed by atoms with Gasteiger partial charge in [-0.15, -0.1) is 0 Å². The SMILES string of the molecule is c1ccc2c(c1)oc1ccc(-c3c4ccccc4c(-c4ccc5oc6cc7ccoc7cc6c5c4)c4ccccc34)cc12. The van der Waals surface area contributed by atoms with Gasteiger partial charge in [-0.1, -0.05) is 78.9 Å². The molecular formula is C40H22O3. The van der Waals surface area contributed by atoms with Crippen LogP contribution in [-0.2, 0) is 0 Å². The largest absolute Gasteiger partial charge is 0.464 e. The number of hydrogen-bond acceptors (Lipinski definition) is 3.